The fourth-order valence-electron chi connectivity index (χ4n) is 1.64. The van der Waals surface area contributed by atoms with Crippen molar-refractivity contribution in [2.75, 3.05) is 78.9 Å². The number of ether oxygens (including phenoxy) is 3. The first-order chi connectivity index (χ1) is 10.2. The molecule has 0 unspecified atom stereocenters. The molecule has 0 saturated carbocycles. The molecule has 3 saturated heterocycles. The summed E-state index contributed by atoms with van der Waals surface area (Å²) in [5.74, 6) is 0. The van der Waals surface area contributed by atoms with Crippen LogP contribution < -0.4 is 0 Å². The molecule has 3 aliphatic heterocycles. The van der Waals surface area contributed by atoms with Crippen LogP contribution in [0.1, 0.15) is 0 Å². The summed E-state index contributed by atoms with van der Waals surface area (Å²) in [6, 6.07) is 0. The van der Waals surface area contributed by atoms with E-state index in [9.17, 15) is 0 Å². The van der Waals surface area contributed by atoms with Crippen LogP contribution in [0.5, 0.6) is 0 Å². The first-order valence-electron chi connectivity index (χ1n) is 7.18. The Morgan fingerprint density at radius 1 is 0.417 bits per heavy atom. The lowest BCUT2D eigenvalue weighted by Gasteiger charge is -2.18. The van der Waals surface area contributed by atoms with Gasteiger partial charge in [0.1, 0.15) is 0 Å². The van der Waals surface area contributed by atoms with Crippen molar-refractivity contribution in [3.05, 3.63) is 0 Å². The number of morpholine rings is 3. The maximum Gasteiger partial charge on any atom is 0.0603 e. The molecule has 0 spiro atoms. The van der Waals surface area contributed by atoms with Gasteiger partial charge < -0.3 is 14.2 Å². The second-order valence-corrected chi connectivity index (χ2v) is 6.17. The zero-order valence-electron chi connectivity index (χ0n) is 13.5. The van der Waals surface area contributed by atoms with E-state index in [4.69, 9.17) is 52.7 Å². The average molecular weight is 415 g/mol. The molecule has 0 atom stereocenters. The zero-order chi connectivity index (χ0) is 15.3. The molecule has 24 heavy (non-hydrogen) atoms. The molecule has 3 radical (unpaired) electrons. The number of hydrogen-bond donors (Lipinski definition) is 0. The minimum atomic E-state index is 0. The molecule has 147 valence electrons. The molecule has 6 nitrogen and oxygen atoms in total. The first-order valence-corrected chi connectivity index (χ1v) is 8.27. The molecule has 3 rings (SSSR count). The number of nitrogens with zero attached hydrogens (tertiary/aromatic N) is 3. The molecule has 12 heteroatoms. The number of hydrogen-bond acceptors (Lipinski definition) is 6. The molecule has 0 aromatic carbocycles. The van der Waals surface area contributed by atoms with Gasteiger partial charge in [-0.1, -0.05) is 0 Å². The zero-order valence-corrected chi connectivity index (χ0v) is 16.0. The lowest BCUT2D eigenvalue weighted by Crippen LogP contribution is -2.28. The van der Waals surface area contributed by atoms with Crippen LogP contribution in [0.15, 0.2) is 0 Å². The minimum Gasteiger partial charge on any atom is -0.379 e. The van der Waals surface area contributed by atoms with Crippen molar-refractivity contribution in [2.24, 2.45) is 0 Å². The van der Waals surface area contributed by atoms with Crippen molar-refractivity contribution in [1.82, 2.24) is 12.9 Å². The van der Waals surface area contributed by atoms with Gasteiger partial charge in [-0.3, -0.25) is 14.1 Å². The highest BCUT2D eigenvalue weighted by atomic mass is 32.1. The maximum atomic E-state index is 5.03. The van der Waals surface area contributed by atoms with Crippen molar-refractivity contribution in [2.45, 2.75) is 0 Å². The Bertz CT molecular complexity index is 212. The Morgan fingerprint density at radius 2 is 0.583 bits per heavy atom. The predicted molar refractivity (Wildman–Crippen MR) is 97.5 cm³/mol. The second-order valence-electron chi connectivity index (χ2n) is 4.62. The van der Waals surface area contributed by atoms with Gasteiger partial charge in [-0.15, -0.1) is 0 Å². The maximum absolute atomic E-state index is 5.03. The standard InChI is InChI=1S/3C4H8NOS.3FH/c3*7-5-1-3-6-4-2-5;;;/h3*1-4H2;3*1H. The molecule has 0 amide bonds. The van der Waals surface area contributed by atoms with E-state index < -0.39 is 0 Å². The Balaban J connectivity index is -0.000000259. The normalized spacial score (nSPS) is 22.1. The van der Waals surface area contributed by atoms with Gasteiger partial charge in [0.25, 0.3) is 0 Å². The fourth-order valence-corrected chi connectivity index (χ4v) is 2.09. The Morgan fingerprint density at radius 3 is 0.667 bits per heavy atom. The quantitative estimate of drug-likeness (QED) is 0.601. The summed E-state index contributed by atoms with van der Waals surface area (Å²) in [6.45, 7) is 10.3. The molecule has 3 heterocycles. The molecule has 0 N–H and O–H groups in total. The van der Waals surface area contributed by atoms with Gasteiger partial charge in [0.05, 0.1) is 39.6 Å². The van der Waals surface area contributed by atoms with Gasteiger partial charge in [0.15, 0.2) is 0 Å². The Hall–Kier alpha value is 0.600. The van der Waals surface area contributed by atoms with Crippen molar-refractivity contribution in [1.29, 1.82) is 0 Å². The molecular formula is C12H27F3N3O3S3. The largest absolute Gasteiger partial charge is 0.379 e. The molecule has 3 fully saturated rings. The number of halogens is 3. The van der Waals surface area contributed by atoms with Crippen LogP contribution in [0.4, 0.5) is 14.1 Å². The highest BCUT2D eigenvalue weighted by Crippen LogP contribution is 1.98. The van der Waals surface area contributed by atoms with Crippen LogP contribution >= 0.6 is 38.4 Å². The molecule has 0 aromatic rings. The predicted octanol–water partition coefficient (Wildman–Crippen LogP) is 1.75. The van der Waals surface area contributed by atoms with Crippen molar-refractivity contribution < 1.29 is 28.3 Å². The van der Waals surface area contributed by atoms with E-state index in [0.717, 1.165) is 78.9 Å². The third kappa shape index (κ3) is 17.4. The Kier molecular flexibility index (Phi) is 24.4. The van der Waals surface area contributed by atoms with E-state index >= 15 is 0 Å². The fraction of sp³-hybridized carbons (Fsp3) is 1.00. The van der Waals surface area contributed by atoms with Crippen LogP contribution in [0, 0.1) is 0 Å². The topological polar surface area (TPSA) is 37.4 Å². The van der Waals surface area contributed by atoms with Crippen molar-refractivity contribution in [3.8, 4) is 0 Å². The summed E-state index contributed by atoms with van der Waals surface area (Å²) in [5, 5.41) is 0. The van der Waals surface area contributed by atoms with Crippen molar-refractivity contribution in [3.63, 3.8) is 0 Å². The van der Waals surface area contributed by atoms with Crippen LogP contribution in [0.2, 0.25) is 0 Å². The summed E-state index contributed by atoms with van der Waals surface area (Å²) in [4.78, 5) is 0. The van der Waals surface area contributed by atoms with E-state index in [0.29, 0.717) is 0 Å². The number of rotatable bonds is 0. The van der Waals surface area contributed by atoms with Gasteiger partial charge in [-0.25, -0.2) is 12.9 Å². The third-order valence-corrected chi connectivity index (χ3v) is 4.01. The first kappa shape index (κ1) is 29.4. The smallest absolute Gasteiger partial charge is 0.0603 e. The second kappa shape index (κ2) is 19.9. The molecule has 0 bridgehead atoms. The van der Waals surface area contributed by atoms with E-state index in [-0.39, 0.29) is 14.1 Å². The minimum absolute atomic E-state index is 0. The lowest BCUT2D eigenvalue weighted by molar-refractivity contribution is 0.0781. The van der Waals surface area contributed by atoms with Crippen LogP contribution in [0.3, 0.4) is 0 Å². The Labute approximate surface area is 158 Å². The molecule has 0 aliphatic carbocycles. The summed E-state index contributed by atoms with van der Waals surface area (Å²) >= 11 is 14.5. The van der Waals surface area contributed by atoms with E-state index in [1.807, 2.05) is 12.9 Å². The van der Waals surface area contributed by atoms with Crippen molar-refractivity contribution >= 4 is 38.4 Å². The summed E-state index contributed by atoms with van der Waals surface area (Å²) in [5.41, 5.74) is 0. The van der Waals surface area contributed by atoms with Gasteiger partial charge >= 0.3 is 0 Å². The lowest BCUT2D eigenvalue weighted by atomic mass is 10.5. The summed E-state index contributed by atoms with van der Waals surface area (Å²) in [6.07, 6.45) is 0. The summed E-state index contributed by atoms with van der Waals surface area (Å²) < 4.78 is 20.6. The van der Waals surface area contributed by atoms with Gasteiger partial charge in [0.2, 0.25) is 0 Å². The highest BCUT2D eigenvalue weighted by Gasteiger charge is 2.05. The molecule has 3 aliphatic rings. The third-order valence-electron chi connectivity index (χ3n) is 2.91. The molecule has 0 aromatic heterocycles. The summed E-state index contributed by atoms with van der Waals surface area (Å²) in [7, 11) is 0. The molecular weight excluding hydrogens is 387 g/mol. The van der Waals surface area contributed by atoms with E-state index in [2.05, 4.69) is 0 Å². The van der Waals surface area contributed by atoms with Crippen LogP contribution in [-0.4, -0.2) is 91.8 Å². The monoisotopic (exact) mass is 414 g/mol. The average Bonchev–Trinajstić information content (AvgIpc) is 2.51. The van der Waals surface area contributed by atoms with Gasteiger partial charge in [-0.2, -0.15) is 0 Å². The van der Waals surface area contributed by atoms with Gasteiger partial charge in [-0.05, 0) is 0 Å². The van der Waals surface area contributed by atoms with Crippen LogP contribution in [-0.2, 0) is 14.2 Å². The van der Waals surface area contributed by atoms with Gasteiger partial charge in [0, 0.05) is 77.7 Å². The highest BCUT2D eigenvalue weighted by molar-refractivity contribution is 7.78. The van der Waals surface area contributed by atoms with Crippen LogP contribution in [0.25, 0.3) is 0 Å². The van der Waals surface area contributed by atoms with E-state index in [1.54, 1.807) is 0 Å². The van der Waals surface area contributed by atoms with E-state index in [1.165, 1.54) is 0 Å². The SMILES string of the molecule is F.F.F.[S]N1CCOCC1.[S]N1CCOCC1.[S]N1CCOCC1.